The molecule has 0 aromatic carbocycles. The van der Waals surface area contributed by atoms with Crippen LogP contribution >= 0.6 is 0 Å². The van der Waals surface area contributed by atoms with Crippen molar-refractivity contribution in [1.29, 1.82) is 0 Å². The summed E-state index contributed by atoms with van der Waals surface area (Å²) in [4.78, 5) is 9.18. The third-order valence-electron chi connectivity index (χ3n) is 3.48. The summed E-state index contributed by atoms with van der Waals surface area (Å²) in [5.74, 6) is 7.59. The first-order valence-electron chi connectivity index (χ1n) is 6.10. The largest absolute Gasteiger partial charge is 0.308 e. The highest BCUT2D eigenvalue weighted by molar-refractivity contribution is 5.38. The van der Waals surface area contributed by atoms with E-state index in [1.54, 1.807) is 0 Å². The fraction of sp³-hybridized carbons (Fsp3) is 0.692. The lowest BCUT2D eigenvalue weighted by molar-refractivity contribution is 0.554. The van der Waals surface area contributed by atoms with Gasteiger partial charge in [0.25, 0.3) is 0 Å². The highest BCUT2D eigenvalue weighted by Gasteiger charge is 2.48. The molecule has 0 saturated heterocycles. The van der Waals surface area contributed by atoms with Crippen LogP contribution in [0.15, 0.2) is 6.07 Å². The van der Waals surface area contributed by atoms with Crippen molar-refractivity contribution < 1.29 is 0 Å². The van der Waals surface area contributed by atoms with E-state index in [9.17, 15) is 0 Å². The molecule has 1 aliphatic rings. The molecule has 0 aliphatic heterocycles. The standard InChI is InChI=1S/C13H22N4/c1-12(2,3)9-6-10(17-14)16-11(15-9)8-7-13(8,4)5/h6,8H,7,14H2,1-5H3,(H,15,16,17). The summed E-state index contributed by atoms with van der Waals surface area (Å²) in [5.41, 5.74) is 4.03. The van der Waals surface area contributed by atoms with Gasteiger partial charge in [0.15, 0.2) is 0 Å². The molecule has 2 rings (SSSR count). The topological polar surface area (TPSA) is 63.8 Å². The molecule has 1 atom stereocenters. The predicted octanol–water partition coefficient (Wildman–Crippen LogP) is 2.57. The highest BCUT2D eigenvalue weighted by atomic mass is 15.3. The monoisotopic (exact) mass is 234 g/mol. The van der Waals surface area contributed by atoms with Crippen LogP contribution in [-0.2, 0) is 5.41 Å². The van der Waals surface area contributed by atoms with Crippen molar-refractivity contribution in [3.63, 3.8) is 0 Å². The molecular weight excluding hydrogens is 212 g/mol. The summed E-state index contributed by atoms with van der Waals surface area (Å²) in [6.07, 6.45) is 1.16. The second-order valence-electron chi connectivity index (χ2n) is 6.64. The predicted molar refractivity (Wildman–Crippen MR) is 69.7 cm³/mol. The summed E-state index contributed by atoms with van der Waals surface area (Å²) in [7, 11) is 0. The number of aromatic nitrogens is 2. The molecular formula is C13H22N4. The van der Waals surface area contributed by atoms with Crippen LogP contribution in [0.3, 0.4) is 0 Å². The van der Waals surface area contributed by atoms with Gasteiger partial charge in [0.1, 0.15) is 11.6 Å². The minimum atomic E-state index is 0.0162. The Balaban J connectivity index is 2.40. The fourth-order valence-electron chi connectivity index (χ4n) is 1.99. The number of rotatable bonds is 2. The Bertz CT molecular complexity index is 432. The first-order chi connectivity index (χ1) is 7.74. The van der Waals surface area contributed by atoms with E-state index in [1.165, 1.54) is 0 Å². The highest BCUT2D eigenvalue weighted by Crippen LogP contribution is 2.57. The number of hydrogen-bond donors (Lipinski definition) is 2. The van der Waals surface area contributed by atoms with Crippen LogP contribution in [0.1, 0.15) is 58.5 Å². The summed E-state index contributed by atoms with van der Waals surface area (Å²) in [6, 6.07) is 1.93. The number of hydrazine groups is 1. The zero-order chi connectivity index (χ0) is 12.8. The van der Waals surface area contributed by atoms with E-state index in [1.807, 2.05) is 6.07 Å². The Hall–Kier alpha value is -1.16. The first-order valence-corrected chi connectivity index (χ1v) is 6.10. The molecule has 3 N–H and O–H groups in total. The molecule has 1 aromatic heterocycles. The van der Waals surface area contributed by atoms with Crippen molar-refractivity contribution in [3.05, 3.63) is 17.6 Å². The fourth-order valence-corrected chi connectivity index (χ4v) is 1.99. The van der Waals surface area contributed by atoms with Gasteiger partial charge in [0, 0.05) is 17.4 Å². The van der Waals surface area contributed by atoms with Gasteiger partial charge in [-0.05, 0) is 11.8 Å². The molecule has 94 valence electrons. The quantitative estimate of drug-likeness (QED) is 0.610. The number of hydrogen-bond acceptors (Lipinski definition) is 4. The SMILES string of the molecule is CC(C)(C)c1cc(NN)nc(C2CC2(C)C)n1. The van der Waals surface area contributed by atoms with Crippen LogP contribution in [0.4, 0.5) is 5.82 Å². The van der Waals surface area contributed by atoms with Crippen molar-refractivity contribution in [2.45, 2.75) is 52.4 Å². The van der Waals surface area contributed by atoms with Gasteiger partial charge in [-0.15, -0.1) is 0 Å². The van der Waals surface area contributed by atoms with E-state index in [-0.39, 0.29) is 5.41 Å². The van der Waals surface area contributed by atoms with Crippen molar-refractivity contribution in [2.24, 2.45) is 11.3 Å². The molecule has 0 amide bonds. The van der Waals surface area contributed by atoms with Gasteiger partial charge in [-0.2, -0.15) is 0 Å². The van der Waals surface area contributed by atoms with Gasteiger partial charge in [-0.25, -0.2) is 15.8 Å². The van der Waals surface area contributed by atoms with Crippen LogP contribution < -0.4 is 11.3 Å². The molecule has 1 unspecified atom stereocenters. The molecule has 0 spiro atoms. The molecule has 4 heteroatoms. The number of nitrogens with two attached hydrogens (primary N) is 1. The summed E-state index contributed by atoms with van der Waals surface area (Å²) >= 11 is 0. The average molecular weight is 234 g/mol. The maximum atomic E-state index is 5.48. The summed E-state index contributed by atoms with van der Waals surface area (Å²) in [6.45, 7) is 11.0. The zero-order valence-electron chi connectivity index (χ0n) is 11.3. The van der Waals surface area contributed by atoms with Gasteiger partial charge in [-0.3, -0.25) is 0 Å². The van der Waals surface area contributed by atoms with Crippen LogP contribution in [0.2, 0.25) is 0 Å². The first kappa shape index (κ1) is 12.3. The molecule has 1 aliphatic carbocycles. The van der Waals surface area contributed by atoms with Crippen LogP contribution in [0.5, 0.6) is 0 Å². The molecule has 0 radical (unpaired) electrons. The lowest BCUT2D eigenvalue weighted by Gasteiger charge is -2.19. The minimum absolute atomic E-state index is 0.0162. The number of nitrogen functional groups attached to an aromatic ring is 1. The molecule has 1 fully saturated rings. The third-order valence-corrected chi connectivity index (χ3v) is 3.48. The van der Waals surface area contributed by atoms with Crippen molar-refractivity contribution in [1.82, 2.24) is 9.97 Å². The van der Waals surface area contributed by atoms with Crippen LogP contribution in [-0.4, -0.2) is 9.97 Å². The van der Waals surface area contributed by atoms with Gasteiger partial charge >= 0.3 is 0 Å². The Kier molecular flexibility index (Phi) is 2.65. The van der Waals surface area contributed by atoms with E-state index in [0.717, 1.165) is 17.9 Å². The van der Waals surface area contributed by atoms with Gasteiger partial charge in [-0.1, -0.05) is 34.6 Å². The molecule has 1 aromatic rings. The van der Waals surface area contributed by atoms with Crippen LogP contribution in [0.25, 0.3) is 0 Å². The second-order valence-corrected chi connectivity index (χ2v) is 6.64. The lowest BCUT2D eigenvalue weighted by Crippen LogP contribution is -2.18. The van der Waals surface area contributed by atoms with E-state index in [4.69, 9.17) is 10.8 Å². The van der Waals surface area contributed by atoms with Gasteiger partial charge in [0.2, 0.25) is 0 Å². The van der Waals surface area contributed by atoms with Crippen LogP contribution in [0, 0.1) is 5.41 Å². The minimum Gasteiger partial charge on any atom is -0.308 e. The average Bonchev–Trinajstić information content (AvgIpc) is 2.86. The Morgan fingerprint density at radius 1 is 1.35 bits per heavy atom. The second kappa shape index (κ2) is 3.67. The number of anilines is 1. The maximum Gasteiger partial charge on any atom is 0.143 e. The zero-order valence-corrected chi connectivity index (χ0v) is 11.3. The molecule has 4 nitrogen and oxygen atoms in total. The van der Waals surface area contributed by atoms with E-state index < -0.39 is 0 Å². The number of nitrogens with one attached hydrogen (secondary N) is 1. The molecule has 1 heterocycles. The lowest BCUT2D eigenvalue weighted by atomic mass is 9.91. The Morgan fingerprint density at radius 3 is 2.35 bits per heavy atom. The smallest absolute Gasteiger partial charge is 0.143 e. The van der Waals surface area contributed by atoms with Crippen molar-refractivity contribution in [3.8, 4) is 0 Å². The van der Waals surface area contributed by atoms with E-state index in [0.29, 0.717) is 17.2 Å². The van der Waals surface area contributed by atoms with Gasteiger partial charge in [0.05, 0.1) is 5.69 Å². The molecule has 17 heavy (non-hydrogen) atoms. The van der Waals surface area contributed by atoms with Gasteiger partial charge < -0.3 is 5.43 Å². The maximum absolute atomic E-state index is 5.48. The van der Waals surface area contributed by atoms with Crippen molar-refractivity contribution >= 4 is 5.82 Å². The summed E-state index contributed by atoms with van der Waals surface area (Å²) in [5, 5.41) is 0. The normalized spacial score (nSPS) is 22.4. The Labute approximate surface area is 103 Å². The molecule has 0 bridgehead atoms. The van der Waals surface area contributed by atoms with Crippen molar-refractivity contribution in [2.75, 3.05) is 5.43 Å². The molecule has 1 saturated carbocycles. The summed E-state index contributed by atoms with van der Waals surface area (Å²) < 4.78 is 0. The van der Waals surface area contributed by atoms with E-state index >= 15 is 0 Å². The van der Waals surface area contributed by atoms with E-state index in [2.05, 4.69) is 45.0 Å². The third kappa shape index (κ3) is 2.41. The number of nitrogens with zero attached hydrogens (tertiary/aromatic N) is 2. The Morgan fingerprint density at radius 2 is 1.94 bits per heavy atom.